The summed E-state index contributed by atoms with van der Waals surface area (Å²) in [6, 6.07) is 15.4. The van der Waals surface area contributed by atoms with E-state index < -0.39 is 5.97 Å². The van der Waals surface area contributed by atoms with Gasteiger partial charge in [0.25, 0.3) is 0 Å². The van der Waals surface area contributed by atoms with Gasteiger partial charge in [-0.2, -0.15) is 0 Å². The second-order valence-corrected chi connectivity index (χ2v) is 10.6. The lowest BCUT2D eigenvalue weighted by atomic mass is 9.80. The number of methoxy groups -OCH3 is 1. The topological polar surface area (TPSA) is 54.5 Å². The second-order valence-electron chi connectivity index (χ2n) is 10.6. The van der Waals surface area contributed by atoms with Crippen LogP contribution in [0.3, 0.4) is 0 Å². The Hall–Kier alpha value is -3.45. The molecule has 0 atom stereocenters. The summed E-state index contributed by atoms with van der Waals surface area (Å²) in [5.74, 6) is -0.677. The summed E-state index contributed by atoms with van der Waals surface area (Å²) >= 11 is 0. The van der Waals surface area contributed by atoms with E-state index in [-0.39, 0.29) is 16.5 Å². The van der Waals surface area contributed by atoms with Crippen LogP contribution >= 0.6 is 0 Å². The number of esters is 1. The quantitative estimate of drug-likeness (QED) is 0.144. The number of rotatable bonds is 2. The lowest BCUT2D eigenvalue weighted by molar-refractivity contribution is -0.135. The first-order valence-corrected chi connectivity index (χ1v) is 10.9. The summed E-state index contributed by atoms with van der Waals surface area (Å²) in [5.41, 5.74) is 3.10. The zero-order chi connectivity index (χ0) is 23.4. The van der Waals surface area contributed by atoms with Crippen LogP contribution < -0.4 is 0 Å². The number of benzene rings is 4. The minimum Gasteiger partial charge on any atom is -0.460 e. The van der Waals surface area contributed by atoms with E-state index in [1.54, 1.807) is 6.08 Å². The zero-order valence-electron chi connectivity index (χ0n) is 19.8. The van der Waals surface area contributed by atoms with Gasteiger partial charge in [0.1, 0.15) is 0 Å². The predicted octanol–water partition coefficient (Wildman–Crippen LogP) is 7.55. The highest BCUT2D eigenvalue weighted by atomic mass is 16.5. The van der Waals surface area contributed by atoms with Crippen molar-refractivity contribution in [2.75, 3.05) is 7.11 Å². The van der Waals surface area contributed by atoms with Gasteiger partial charge in [0.15, 0.2) is 4.98 Å². The highest BCUT2D eigenvalue weighted by molar-refractivity contribution is 6.25. The van der Waals surface area contributed by atoms with E-state index in [1.807, 2.05) is 0 Å². The minimum absolute atomic E-state index is 0.00251. The van der Waals surface area contributed by atoms with E-state index in [0.717, 1.165) is 27.1 Å². The van der Waals surface area contributed by atoms with Crippen molar-refractivity contribution in [3.8, 4) is 0 Å². The van der Waals surface area contributed by atoms with Crippen LogP contribution in [-0.4, -0.2) is 13.1 Å². The molecule has 162 valence electrons. The molecule has 0 spiro atoms. The van der Waals surface area contributed by atoms with Crippen LogP contribution in [0.4, 0.5) is 0 Å². The van der Waals surface area contributed by atoms with Crippen molar-refractivity contribution in [3.05, 3.63) is 69.8 Å². The third kappa shape index (κ3) is 3.58. The van der Waals surface area contributed by atoms with Crippen LogP contribution in [0.15, 0.2) is 48.2 Å². The van der Waals surface area contributed by atoms with E-state index >= 15 is 0 Å². The molecule has 0 aliphatic rings. The second kappa shape index (κ2) is 7.31. The Kier molecular flexibility index (Phi) is 4.97. The standard InChI is InChI=1S/C28H29N2O2/c1-27(2,3)20-11-16-8-9-17-12-21(28(4,5)6)15-22-18(14-23(30-29)26(31)32-7)10-19(13-20)24(16)25(17)22/h8-15H,1-7H3/q+1/b23-14+. The van der Waals surface area contributed by atoms with Gasteiger partial charge in [0.05, 0.1) is 7.11 Å². The normalized spacial score (nSPS) is 13.1. The van der Waals surface area contributed by atoms with Crippen molar-refractivity contribution >= 4 is 44.4 Å². The van der Waals surface area contributed by atoms with Crippen molar-refractivity contribution in [2.24, 2.45) is 0 Å². The van der Waals surface area contributed by atoms with Crippen LogP contribution in [-0.2, 0) is 20.4 Å². The van der Waals surface area contributed by atoms with E-state index in [9.17, 15) is 10.2 Å². The molecule has 0 fully saturated rings. The highest BCUT2D eigenvalue weighted by Crippen LogP contribution is 2.41. The molecule has 4 aromatic rings. The summed E-state index contributed by atoms with van der Waals surface area (Å²) in [7, 11) is 1.28. The monoisotopic (exact) mass is 425 g/mol. The fraction of sp³-hybridized carbons (Fsp3) is 0.321. The molecule has 0 saturated heterocycles. The molecule has 32 heavy (non-hydrogen) atoms. The van der Waals surface area contributed by atoms with Gasteiger partial charge in [0, 0.05) is 6.08 Å². The number of carbonyl (C=O) groups is 1. The van der Waals surface area contributed by atoms with Crippen LogP contribution in [0, 0.1) is 5.39 Å². The molecule has 0 unspecified atom stereocenters. The molecule has 0 amide bonds. The molecule has 0 aliphatic heterocycles. The molecule has 0 N–H and O–H groups in total. The number of ether oxygens (including phenoxy) is 1. The molecule has 0 aliphatic carbocycles. The fourth-order valence-electron chi connectivity index (χ4n) is 4.32. The summed E-state index contributed by atoms with van der Waals surface area (Å²) < 4.78 is 4.80. The molecular weight excluding hydrogens is 396 g/mol. The van der Waals surface area contributed by atoms with E-state index in [2.05, 4.69) is 89.0 Å². The Bertz CT molecular complexity index is 1440. The third-order valence-corrected chi connectivity index (χ3v) is 6.21. The van der Waals surface area contributed by atoms with Crippen molar-refractivity contribution in [1.82, 2.24) is 0 Å². The molecule has 0 aromatic heterocycles. The van der Waals surface area contributed by atoms with Gasteiger partial charge in [-0.05, 0) is 72.0 Å². The number of hydrogen-bond acceptors (Lipinski definition) is 3. The van der Waals surface area contributed by atoms with Gasteiger partial charge in [-0.3, -0.25) is 0 Å². The lowest BCUT2D eigenvalue weighted by Gasteiger charge is -2.24. The average Bonchev–Trinajstić information content (AvgIpc) is 2.73. The summed E-state index contributed by atoms with van der Waals surface area (Å²) in [6.07, 6.45) is 1.61. The van der Waals surface area contributed by atoms with E-state index in [1.165, 1.54) is 29.0 Å². The molecule has 4 nitrogen and oxygen atoms in total. The van der Waals surface area contributed by atoms with E-state index in [0.29, 0.717) is 0 Å². The number of carbonyl (C=O) groups excluding carboxylic acids is 1. The van der Waals surface area contributed by atoms with Gasteiger partial charge in [-0.1, -0.05) is 71.9 Å². The molecule has 0 bridgehead atoms. The molecule has 4 rings (SSSR count). The number of hydrogen-bond donors (Lipinski definition) is 0. The van der Waals surface area contributed by atoms with Crippen LogP contribution in [0.5, 0.6) is 0 Å². The van der Waals surface area contributed by atoms with Gasteiger partial charge in [-0.25, -0.2) is 4.79 Å². The smallest absolute Gasteiger partial charge is 0.460 e. The van der Waals surface area contributed by atoms with Gasteiger partial charge < -0.3 is 4.74 Å². The van der Waals surface area contributed by atoms with Crippen molar-refractivity contribution in [1.29, 1.82) is 5.39 Å². The largest absolute Gasteiger partial charge is 0.469 e. The SMILES string of the molecule is COC(=O)/C(=C\c1cc2cc(C(C)(C)C)cc3ccc4cc(C(C)(C)C)cc1c4c32)[N+]#N. The molecular formula is C28H29N2O2+. The Morgan fingerprint density at radius 2 is 1.38 bits per heavy atom. The molecule has 4 aromatic carbocycles. The maximum absolute atomic E-state index is 12.1. The van der Waals surface area contributed by atoms with Gasteiger partial charge >= 0.3 is 11.7 Å². The summed E-state index contributed by atoms with van der Waals surface area (Å²) in [5, 5.41) is 16.3. The van der Waals surface area contributed by atoms with Crippen LogP contribution in [0.25, 0.3) is 43.4 Å². The first-order valence-electron chi connectivity index (χ1n) is 10.9. The maximum atomic E-state index is 12.1. The molecule has 0 heterocycles. The van der Waals surface area contributed by atoms with Crippen molar-refractivity contribution < 1.29 is 9.53 Å². The first-order chi connectivity index (χ1) is 14.9. The Labute approximate surface area is 188 Å². The minimum atomic E-state index is -0.677. The summed E-state index contributed by atoms with van der Waals surface area (Å²) in [4.78, 5) is 15.3. The maximum Gasteiger partial charge on any atom is 0.469 e. The third-order valence-electron chi connectivity index (χ3n) is 6.21. The predicted molar refractivity (Wildman–Crippen MR) is 133 cm³/mol. The van der Waals surface area contributed by atoms with Crippen LogP contribution in [0.1, 0.15) is 58.2 Å². The Morgan fingerprint density at radius 1 is 0.844 bits per heavy atom. The molecule has 0 saturated carbocycles. The number of diazo groups is 1. The molecule has 4 heteroatoms. The highest BCUT2D eigenvalue weighted by Gasteiger charge is 2.26. The van der Waals surface area contributed by atoms with Crippen molar-refractivity contribution in [2.45, 2.75) is 52.4 Å². The Balaban J connectivity index is 2.20. The average molecular weight is 426 g/mol. The Morgan fingerprint density at radius 3 is 1.91 bits per heavy atom. The zero-order valence-corrected chi connectivity index (χ0v) is 19.8. The van der Waals surface area contributed by atoms with Crippen LogP contribution in [0.2, 0.25) is 0 Å². The van der Waals surface area contributed by atoms with Gasteiger partial charge in [-0.15, -0.1) is 0 Å². The van der Waals surface area contributed by atoms with Gasteiger partial charge in [0.2, 0.25) is 5.39 Å². The fourth-order valence-corrected chi connectivity index (χ4v) is 4.32. The first kappa shape index (κ1) is 21.8. The summed E-state index contributed by atoms with van der Waals surface area (Å²) in [6.45, 7) is 13.2. The van der Waals surface area contributed by atoms with E-state index in [4.69, 9.17) is 4.74 Å². The molecule has 0 radical (unpaired) electrons. The number of nitrogens with zero attached hydrogens (tertiary/aromatic N) is 2. The lowest BCUT2D eigenvalue weighted by Crippen LogP contribution is -2.12. The van der Waals surface area contributed by atoms with Crippen molar-refractivity contribution in [3.63, 3.8) is 0 Å².